The molecule has 0 bridgehead atoms. The number of rotatable bonds is 4. The Bertz CT molecular complexity index is 785. The molecule has 0 spiro atoms. The number of nitrogens with zero attached hydrogens (tertiary/aromatic N) is 4. The number of anilines is 1. The first-order chi connectivity index (χ1) is 12.8. The number of hydrogen-bond acceptors (Lipinski definition) is 5. The van der Waals surface area contributed by atoms with E-state index >= 15 is 0 Å². The molecule has 0 amide bonds. The zero-order chi connectivity index (χ0) is 19.6. The Morgan fingerprint density at radius 2 is 1.74 bits per heavy atom. The van der Waals surface area contributed by atoms with Gasteiger partial charge in [0.15, 0.2) is 0 Å². The molecule has 5 nitrogen and oxygen atoms in total. The van der Waals surface area contributed by atoms with E-state index in [9.17, 15) is 13.2 Å². The molecular formula is C19H23F3N4O. The van der Waals surface area contributed by atoms with Gasteiger partial charge in [0.25, 0.3) is 0 Å². The standard InChI is InChI=1S/C19H23F3N4O/c1-13-10-23-16(14(2)18(13)27-3)12-25-6-8-26(9-7-25)17-5-4-15(11-24-17)19(20,21)22/h4-5,10-11H,6-9,12H2,1-3H3. The molecule has 0 saturated carbocycles. The second-order valence-corrected chi connectivity index (χ2v) is 6.71. The molecule has 0 aromatic carbocycles. The van der Waals surface area contributed by atoms with Crippen molar-refractivity contribution in [2.24, 2.45) is 0 Å². The van der Waals surface area contributed by atoms with Crippen molar-refractivity contribution in [3.05, 3.63) is 46.9 Å². The third-order valence-corrected chi connectivity index (χ3v) is 4.89. The molecule has 8 heteroatoms. The van der Waals surface area contributed by atoms with Gasteiger partial charge in [0, 0.05) is 56.2 Å². The first kappa shape index (κ1) is 19.4. The number of halogens is 3. The summed E-state index contributed by atoms with van der Waals surface area (Å²) in [7, 11) is 1.66. The van der Waals surface area contributed by atoms with Gasteiger partial charge in [-0.2, -0.15) is 13.2 Å². The molecule has 3 heterocycles. The van der Waals surface area contributed by atoms with Crippen molar-refractivity contribution in [1.29, 1.82) is 0 Å². The molecule has 146 valence electrons. The van der Waals surface area contributed by atoms with Crippen molar-refractivity contribution in [1.82, 2.24) is 14.9 Å². The van der Waals surface area contributed by atoms with Crippen LogP contribution in [0.1, 0.15) is 22.4 Å². The van der Waals surface area contributed by atoms with E-state index < -0.39 is 11.7 Å². The zero-order valence-corrected chi connectivity index (χ0v) is 15.7. The van der Waals surface area contributed by atoms with E-state index in [1.54, 1.807) is 7.11 Å². The van der Waals surface area contributed by atoms with E-state index in [0.717, 1.165) is 54.5 Å². The Morgan fingerprint density at radius 1 is 1.04 bits per heavy atom. The fourth-order valence-electron chi connectivity index (χ4n) is 3.32. The fourth-order valence-corrected chi connectivity index (χ4v) is 3.32. The van der Waals surface area contributed by atoms with Gasteiger partial charge < -0.3 is 9.64 Å². The lowest BCUT2D eigenvalue weighted by molar-refractivity contribution is -0.137. The van der Waals surface area contributed by atoms with Crippen molar-refractivity contribution >= 4 is 5.82 Å². The number of ether oxygens (including phenoxy) is 1. The smallest absolute Gasteiger partial charge is 0.417 e. The molecule has 0 radical (unpaired) electrons. The summed E-state index contributed by atoms with van der Waals surface area (Å²) in [6.07, 6.45) is -1.64. The topological polar surface area (TPSA) is 41.5 Å². The molecule has 27 heavy (non-hydrogen) atoms. The number of methoxy groups -OCH3 is 1. The molecular weight excluding hydrogens is 357 g/mol. The Hall–Kier alpha value is -2.35. The normalized spacial score (nSPS) is 15.9. The molecule has 1 aliphatic rings. The van der Waals surface area contributed by atoms with E-state index in [-0.39, 0.29) is 0 Å². The van der Waals surface area contributed by atoms with Gasteiger partial charge in [0.1, 0.15) is 11.6 Å². The van der Waals surface area contributed by atoms with Crippen molar-refractivity contribution in [2.45, 2.75) is 26.6 Å². The summed E-state index contributed by atoms with van der Waals surface area (Å²) in [5.41, 5.74) is 2.32. The van der Waals surface area contributed by atoms with Crippen LogP contribution in [0.3, 0.4) is 0 Å². The first-order valence-electron chi connectivity index (χ1n) is 8.79. The number of alkyl halides is 3. The van der Waals surface area contributed by atoms with Gasteiger partial charge in [-0.15, -0.1) is 0 Å². The number of hydrogen-bond donors (Lipinski definition) is 0. The summed E-state index contributed by atoms with van der Waals surface area (Å²) in [6.45, 7) is 7.70. The molecule has 1 fully saturated rings. The molecule has 2 aromatic heterocycles. The van der Waals surface area contributed by atoms with Gasteiger partial charge in [0.05, 0.1) is 18.4 Å². The van der Waals surface area contributed by atoms with Gasteiger partial charge in [-0.1, -0.05) is 0 Å². The lowest BCUT2D eigenvalue weighted by atomic mass is 10.1. The number of aryl methyl sites for hydroxylation is 1. The molecule has 1 saturated heterocycles. The minimum absolute atomic E-state index is 0.578. The van der Waals surface area contributed by atoms with Gasteiger partial charge in [-0.3, -0.25) is 9.88 Å². The number of aromatic nitrogens is 2. The third-order valence-electron chi connectivity index (χ3n) is 4.89. The van der Waals surface area contributed by atoms with Crippen LogP contribution in [-0.4, -0.2) is 48.2 Å². The summed E-state index contributed by atoms with van der Waals surface area (Å²) >= 11 is 0. The molecule has 0 atom stereocenters. The van der Waals surface area contributed by atoms with Crippen molar-refractivity contribution < 1.29 is 17.9 Å². The highest BCUT2D eigenvalue weighted by atomic mass is 19.4. The second-order valence-electron chi connectivity index (χ2n) is 6.71. The minimum atomic E-state index is -4.36. The molecule has 1 aliphatic heterocycles. The maximum absolute atomic E-state index is 12.7. The third kappa shape index (κ3) is 4.32. The molecule has 3 rings (SSSR count). The van der Waals surface area contributed by atoms with E-state index in [1.807, 2.05) is 24.9 Å². The summed E-state index contributed by atoms with van der Waals surface area (Å²) in [5.74, 6) is 1.45. The highest BCUT2D eigenvalue weighted by Crippen LogP contribution is 2.29. The minimum Gasteiger partial charge on any atom is -0.496 e. The summed E-state index contributed by atoms with van der Waals surface area (Å²) in [5, 5.41) is 0. The summed E-state index contributed by atoms with van der Waals surface area (Å²) in [6, 6.07) is 2.52. The van der Waals surface area contributed by atoms with Crippen LogP contribution >= 0.6 is 0 Å². The van der Waals surface area contributed by atoms with Crippen LogP contribution in [0, 0.1) is 13.8 Å². The Morgan fingerprint density at radius 3 is 2.30 bits per heavy atom. The van der Waals surface area contributed by atoms with E-state index in [1.165, 1.54) is 6.07 Å². The van der Waals surface area contributed by atoms with Gasteiger partial charge in [0.2, 0.25) is 0 Å². The molecule has 0 aliphatic carbocycles. The first-order valence-corrected chi connectivity index (χ1v) is 8.79. The fraction of sp³-hybridized carbons (Fsp3) is 0.474. The Kier molecular flexibility index (Phi) is 5.55. The van der Waals surface area contributed by atoms with Crippen LogP contribution in [0.15, 0.2) is 24.5 Å². The summed E-state index contributed by atoms with van der Waals surface area (Å²) in [4.78, 5) is 12.8. The van der Waals surface area contributed by atoms with Gasteiger partial charge in [-0.25, -0.2) is 4.98 Å². The highest BCUT2D eigenvalue weighted by Gasteiger charge is 2.31. The van der Waals surface area contributed by atoms with E-state index in [0.29, 0.717) is 18.9 Å². The maximum Gasteiger partial charge on any atom is 0.417 e. The highest BCUT2D eigenvalue weighted by molar-refractivity contribution is 5.42. The Balaban J connectivity index is 1.61. The lowest BCUT2D eigenvalue weighted by Gasteiger charge is -2.35. The molecule has 2 aromatic rings. The quantitative estimate of drug-likeness (QED) is 0.813. The van der Waals surface area contributed by atoms with Crippen molar-refractivity contribution in [3.63, 3.8) is 0 Å². The maximum atomic E-state index is 12.7. The van der Waals surface area contributed by atoms with Gasteiger partial charge in [-0.05, 0) is 26.0 Å². The van der Waals surface area contributed by atoms with Crippen LogP contribution in [0.5, 0.6) is 5.75 Å². The van der Waals surface area contributed by atoms with Crippen molar-refractivity contribution in [2.75, 3.05) is 38.2 Å². The molecule has 0 N–H and O–H groups in total. The average molecular weight is 380 g/mol. The number of piperazine rings is 1. The number of pyridine rings is 2. The average Bonchev–Trinajstić information content (AvgIpc) is 2.64. The molecule has 0 unspecified atom stereocenters. The van der Waals surface area contributed by atoms with Crippen LogP contribution < -0.4 is 9.64 Å². The van der Waals surface area contributed by atoms with E-state index in [4.69, 9.17) is 4.74 Å². The predicted octanol–water partition coefficient (Wildman–Crippen LogP) is 3.44. The zero-order valence-electron chi connectivity index (χ0n) is 15.7. The Labute approximate surface area is 156 Å². The van der Waals surface area contributed by atoms with Gasteiger partial charge >= 0.3 is 6.18 Å². The van der Waals surface area contributed by atoms with Crippen LogP contribution in [-0.2, 0) is 12.7 Å². The van der Waals surface area contributed by atoms with E-state index in [2.05, 4.69) is 14.9 Å². The van der Waals surface area contributed by atoms with Crippen LogP contribution in [0.25, 0.3) is 0 Å². The predicted molar refractivity (Wildman–Crippen MR) is 97.0 cm³/mol. The largest absolute Gasteiger partial charge is 0.496 e. The van der Waals surface area contributed by atoms with Crippen molar-refractivity contribution in [3.8, 4) is 5.75 Å². The lowest BCUT2D eigenvalue weighted by Crippen LogP contribution is -2.46. The monoisotopic (exact) mass is 380 g/mol. The van der Waals surface area contributed by atoms with Crippen LogP contribution in [0.4, 0.5) is 19.0 Å². The summed E-state index contributed by atoms with van der Waals surface area (Å²) < 4.78 is 43.4. The SMILES string of the molecule is COc1c(C)cnc(CN2CCN(c3ccc(C(F)(F)F)cn3)CC2)c1C. The van der Waals surface area contributed by atoms with Crippen LogP contribution in [0.2, 0.25) is 0 Å². The second kappa shape index (κ2) is 7.72.